The fraction of sp³-hybridized carbons (Fsp3) is 0.286. The van der Waals surface area contributed by atoms with Crippen molar-refractivity contribution in [2.24, 2.45) is 0 Å². The molecule has 2 aromatic carbocycles. The van der Waals surface area contributed by atoms with Crippen molar-refractivity contribution in [1.82, 2.24) is 15.0 Å². The van der Waals surface area contributed by atoms with Crippen molar-refractivity contribution in [3.05, 3.63) is 41.6 Å². The molecule has 0 fully saturated rings. The minimum atomic E-state index is -3.51. The van der Waals surface area contributed by atoms with Gasteiger partial charge in [0.1, 0.15) is 23.5 Å². The molecule has 0 saturated carbocycles. The smallest absolute Gasteiger partial charge is 0.264 e. The number of fused-ring (bicyclic) bond motifs is 4. The van der Waals surface area contributed by atoms with Crippen LogP contribution in [0, 0.1) is 6.92 Å². The molecular formula is C21H19N3O5S2. The molecule has 0 spiro atoms. The Hall–Kier alpha value is -2.82. The van der Waals surface area contributed by atoms with Crippen molar-refractivity contribution in [3.8, 4) is 22.2 Å². The van der Waals surface area contributed by atoms with Gasteiger partial charge in [0.25, 0.3) is 10.1 Å². The highest BCUT2D eigenvalue weighted by molar-refractivity contribution is 7.85. The molecule has 3 heterocycles. The standard InChI is InChI=1S/C21H19N3O5S2/c1-11-6-14(19-16(7-11)23-18(27-2)9-22-19)21-24-15-4-5-17-13(20(15)30-21)8-12(29-17)10-28-31(3,25)26/h4-7,9,12H,8,10H2,1-3H3. The van der Waals surface area contributed by atoms with Gasteiger partial charge in [0.15, 0.2) is 0 Å². The normalized spacial score (nSPS) is 15.9. The average molecular weight is 458 g/mol. The Morgan fingerprint density at radius 2 is 2.06 bits per heavy atom. The maximum absolute atomic E-state index is 11.3. The third-order valence-electron chi connectivity index (χ3n) is 5.02. The fourth-order valence-electron chi connectivity index (χ4n) is 3.70. The van der Waals surface area contributed by atoms with Crippen molar-refractivity contribution in [3.63, 3.8) is 0 Å². The van der Waals surface area contributed by atoms with Crippen LogP contribution >= 0.6 is 11.3 Å². The van der Waals surface area contributed by atoms with Crippen molar-refractivity contribution >= 4 is 42.7 Å². The molecule has 4 aromatic rings. The number of thiazole rings is 1. The second kappa shape index (κ2) is 7.40. The summed E-state index contributed by atoms with van der Waals surface area (Å²) >= 11 is 1.57. The van der Waals surface area contributed by atoms with E-state index < -0.39 is 10.1 Å². The number of rotatable bonds is 5. The van der Waals surface area contributed by atoms with E-state index in [4.69, 9.17) is 18.6 Å². The van der Waals surface area contributed by atoms with Gasteiger partial charge in [0.05, 0.1) is 40.8 Å². The van der Waals surface area contributed by atoms with E-state index in [2.05, 4.69) is 16.0 Å². The van der Waals surface area contributed by atoms with E-state index in [9.17, 15) is 8.42 Å². The lowest BCUT2D eigenvalue weighted by atomic mass is 10.1. The summed E-state index contributed by atoms with van der Waals surface area (Å²) in [6, 6.07) is 7.82. The first kappa shape index (κ1) is 20.1. The molecule has 160 valence electrons. The van der Waals surface area contributed by atoms with Gasteiger partial charge in [-0.3, -0.25) is 4.18 Å². The Morgan fingerprint density at radius 3 is 2.84 bits per heavy atom. The summed E-state index contributed by atoms with van der Waals surface area (Å²) in [6.07, 6.45) is 2.86. The molecule has 0 aliphatic carbocycles. The van der Waals surface area contributed by atoms with Gasteiger partial charge in [-0.25, -0.2) is 15.0 Å². The summed E-state index contributed by atoms with van der Waals surface area (Å²) in [5, 5.41) is 0.840. The lowest BCUT2D eigenvalue weighted by Crippen LogP contribution is -2.22. The Labute approximate surface area is 183 Å². The zero-order chi connectivity index (χ0) is 21.8. The molecule has 0 N–H and O–H groups in total. The van der Waals surface area contributed by atoms with Gasteiger partial charge >= 0.3 is 0 Å². The maximum Gasteiger partial charge on any atom is 0.264 e. The molecule has 31 heavy (non-hydrogen) atoms. The van der Waals surface area contributed by atoms with Crippen LogP contribution in [0.4, 0.5) is 0 Å². The molecular weight excluding hydrogens is 438 g/mol. The van der Waals surface area contributed by atoms with Gasteiger partial charge in [-0.05, 0) is 36.8 Å². The third kappa shape index (κ3) is 3.82. The molecule has 1 unspecified atom stereocenters. The van der Waals surface area contributed by atoms with E-state index in [1.165, 1.54) is 0 Å². The predicted molar refractivity (Wildman–Crippen MR) is 118 cm³/mol. The molecule has 1 aliphatic heterocycles. The second-order valence-electron chi connectivity index (χ2n) is 7.43. The van der Waals surface area contributed by atoms with Crippen molar-refractivity contribution in [2.75, 3.05) is 20.0 Å². The molecule has 8 nitrogen and oxygen atoms in total. The van der Waals surface area contributed by atoms with Crippen molar-refractivity contribution in [1.29, 1.82) is 0 Å². The Balaban J connectivity index is 1.56. The summed E-state index contributed by atoms with van der Waals surface area (Å²) in [4.78, 5) is 13.9. The molecule has 10 heteroatoms. The number of hydrogen-bond donors (Lipinski definition) is 0. The highest BCUT2D eigenvalue weighted by Gasteiger charge is 2.28. The third-order valence-corrected chi connectivity index (χ3v) is 6.75. The first-order valence-corrected chi connectivity index (χ1v) is 12.2. The summed E-state index contributed by atoms with van der Waals surface area (Å²) < 4.78 is 39.6. The molecule has 5 rings (SSSR count). The number of aryl methyl sites for hydroxylation is 1. The quantitative estimate of drug-likeness (QED) is 0.420. The maximum atomic E-state index is 11.3. The summed E-state index contributed by atoms with van der Waals surface area (Å²) in [5.74, 6) is 1.20. The zero-order valence-electron chi connectivity index (χ0n) is 17.1. The predicted octanol–water partition coefficient (Wildman–Crippen LogP) is 3.50. The minimum absolute atomic E-state index is 0.0133. The van der Waals surface area contributed by atoms with E-state index in [1.807, 2.05) is 25.1 Å². The molecule has 0 amide bonds. The Bertz CT molecular complexity index is 1430. The summed E-state index contributed by atoms with van der Waals surface area (Å²) in [6.45, 7) is 2.00. The van der Waals surface area contributed by atoms with E-state index in [0.29, 0.717) is 12.3 Å². The largest absolute Gasteiger partial charge is 0.487 e. The first-order valence-electron chi connectivity index (χ1n) is 9.56. The van der Waals surface area contributed by atoms with Crippen LogP contribution in [0.25, 0.3) is 31.8 Å². The van der Waals surface area contributed by atoms with E-state index in [-0.39, 0.29) is 12.7 Å². The van der Waals surface area contributed by atoms with Crippen LogP contribution in [0.15, 0.2) is 30.5 Å². The lowest BCUT2D eigenvalue weighted by Gasteiger charge is -2.09. The number of methoxy groups -OCH3 is 1. The van der Waals surface area contributed by atoms with E-state index >= 15 is 0 Å². The van der Waals surface area contributed by atoms with Gasteiger partial charge in [-0.1, -0.05) is 0 Å². The van der Waals surface area contributed by atoms with Crippen LogP contribution in [0.1, 0.15) is 11.1 Å². The Morgan fingerprint density at radius 1 is 1.23 bits per heavy atom. The van der Waals surface area contributed by atoms with Gasteiger partial charge < -0.3 is 9.47 Å². The molecule has 1 atom stereocenters. The monoisotopic (exact) mass is 457 g/mol. The summed E-state index contributed by atoms with van der Waals surface area (Å²) in [5.41, 5.74) is 5.36. The van der Waals surface area contributed by atoms with Crippen LogP contribution in [0.5, 0.6) is 11.6 Å². The lowest BCUT2D eigenvalue weighted by molar-refractivity contribution is 0.153. The van der Waals surface area contributed by atoms with Crippen LogP contribution in [-0.2, 0) is 20.7 Å². The topological polar surface area (TPSA) is 101 Å². The van der Waals surface area contributed by atoms with E-state index in [0.717, 1.165) is 55.0 Å². The van der Waals surface area contributed by atoms with Crippen LogP contribution in [0.2, 0.25) is 0 Å². The number of aromatic nitrogens is 3. The van der Waals surface area contributed by atoms with Crippen molar-refractivity contribution in [2.45, 2.75) is 19.4 Å². The highest BCUT2D eigenvalue weighted by Crippen LogP contribution is 2.41. The van der Waals surface area contributed by atoms with Crippen molar-refractivity contribution < 1.29 is 22.1 Å². The SMILES string of the molecule is COc1cnc2c(-c3nc4ccc5c(c4s3)CC(COS(C)(=O)=O)O5)cc(C)cc2n1. The van der Waals surface area contributed by atoms with Crippen LogP contribution in [0.3, 0.4) is 0 Å². The van der Waals surface area contributed by atoms with Crippen LogP contribution < -0.4 is 9.47 Å². The molecule has 1 aliphatic rings. The van der Waals surface area contributed by atoms with Gasteiger partial charge in [0.2, 0.25) is 5.88 Å². The first-order chi connectivity index (χ1) is 14.8. The summed E-state index contributed by atoms with van der Waals surface area (Å²) in [7, 11) is -1.95. The zero-order valence-corrected chi connectivity index (χ0v) is 18.7. The average Bonchev–Trinajstić information content (AvgIpc) is 3.34. The van der Waals surface area contributed by atoms with Gasteiger partial charge in [-0.2, -0.15) is 8.42 Å². The molecule has 0 saturated heterocycles. The highest BCUT2D eigenvalue weighted by atomic mass is 32.2. The minimum Gasteiger partial charge on any atom is -0.487 e. The molecule has 0 bridgehead atoms. The number of hydrogen-bond acceptors (Lipinski definition) is 9. The molecule has 0 radical (unpaired) electrons. The number of benzene rings is 2. The van der Waals surface area contributed by atoms with Gasteiger partial charge in [0, 0.05) is 17.5 Å². The van der Waals surface area contributed by atoms with E-state index in [1.54, 1.807) is 24.6 Å². The number of nitrogens with zero attached hydrogens (tertiary/aromatic N) is 3. The Kier molecular flexibility index (Phi) is 4.80. The van der Waals surface area contributed by atoms with Crippen LogP contribution in [-0.4, -0.2) is 49.4 Å². The van der Waals surface area contributed by atoms with Gasteiger partial charge in [-0.15, -0.1) is 11.3 Å². The second-order valence-corrected chi connectivity index (χ2v) is 10.1. The molecule has 2 aromatic heterocycles. The number of ether oxygens (including phenoxy) is 2. The fourth-order valence-corrected chi connectivity index (χ4v) is 5.23.